The van der Waals surface area contributed by atoms with Gasteiger partial charge in [-0.15, -0.1) is 0 Å². The van der Waals surface area contributed by atoms with Crippen LogP contribution in [0.25, 0.3) is 0 Å². The van der Waals surface area contributed by atoms with E-state index in [9.17, 15) is 13.9 Å². The zero-order valence-electron chi connectivity index (χ0n) is 20.8. The molecule has 1 atom stereocenters. The molecule has 0 amide bonds. The first kappa shape index (κ1) is 25.1. The van der Waals surface area contributed by atoms with E-state index in [1.54, 1.807) is 7.11 Å². The molecule has 3 aliphatic rings. The number of aliphatic hydroxyl groups is 1. The summed E-state index contributed by atoms with van der Waals surface area (Å²) in [4.78, 5) is 2.57. The van der Waals surface area contributed by atoms with E-state index in [1.165, 1.54) is 35.7 Å². The van der Waals surface area contributed by atoms with Crippen molar-refractivity contribution in [3.63, 3.8) is 0 Å². The van der Waals surface area contributed by atoms with Crippen LogP contribution in [0.1, 0.15) is 53.0 Å². The van der Waals surface area contributed by atoms with Crippen LogP contribution in [0.5, 0.6) is 5.75 Å². The van der Waals surface area contributed by atoms with Crippen molar-refractivity contribution < 1.29 is 18.6 Å². The smallest absolute Gasteiger partial charge is 0.124 e. The fraction of sp³-hybridized carbons (Fsp3) is 0.379. The van der Waals surface area contributed by atoms with E-state index in [2.05, 4.69) is 53.4 Å². The SMILES string of the molecule is CNS(=O)[O-].COc1ccccc1C1(O)CCN(CC23CC(c4ccccc42)c2ccccc23)CC1. The number of likely N-dealkylation sites (tertiary alicyclic amines) is 1. The molecule has 0 spiro atoms. The van der Waals surface area contributed by atoms with Crippen LogP contribution in [0, 0.1) is 0 Å². The molecule has 2 bridgehead atoms. The molecule has 1 heterocycles. The Balaban J connectivity index is 0.000000489. The molecular formula is C29H33N2O4S-. The van der Waals surface area contributed by atoms with Crippen LogP contribution >= 0.6 is 0 Å². The van der Waals surface area contributed by atoms with E-state index in [4.69, 9.17) is 4.74 Å². The molecule has 36 heavy (non-hydrogen) atoms. The molecule has 2 N–H and O–H groups in total. The van der Waals surface area contributed by atoms with Crippen molar-refractivity contribution >= 4 is 11.3 Å². The average Bonchev–Trinajstić information content (AvgIpc) is 3.43. The summed E-state index contributed by atoms with van der Waals surface area (Å²) in [6, 6.07) is 26.0. The number of fused-ring (bicyclic) bond motifs is 8. The normalized spacial score (nSPS) is 24.3. The molecule has 6 rings (SSSR count). The number of nitrogens with one attached hydrogen (secondary N) is 1. The standard InChI is InChI=1S/C28H29NO2.CH5NO2S/c1-31-26-13-7-6-12-25(26)28(30)14-16-29(17-15-28)19-27-18-22(20-8-2-4-10-23(20)27)21-9-3-5-11-24(21)27;1-2-5(3)4/h2-13,22,30H,14-19H2,1H3;2H,1H3,(H,3,4)/p-1. The van der Waals surface area contributed by atoms with E-state index >= 15 is 0 Å². The van der Waals surface area contributed by atoms with Gasteiger partial charge in [-0.05, 0) is 54.6 Å². The van der Waals surface area contributed by atoms with Crippen molar-refractivity contribution in [1.29, 1.82) is 0 Å². The summed E-state index contributed by atoms with van der Waals surface area (Å²) in [6.45, 7) is 2.82. The Hall–Kier alpha value is -2.55. The number of piperidine rings is 1. The fourth-order valence-corrected chi connectivity index (χ4v) is 6.57. The van der Waals surface area contributed by atoms with Crippen LogP contribution in [-0.2, 0) is 22.3 Å². The Kier molecular flexibility index (Phi) is 7.03. The molecule has 3 aromatic carbocycles. The molecule has 1 aliphatic heterocycles. The molecule has 190 valence electrons. The molecule has 0 saturated carbocycles. The molecule has 3 aromatic rings. The number of rotatable bonds is 5. The molecule has 1 unspecified atom stereocenters. The van der Waals surface area contributed by atoms with E-state index < -0.39 is 16.9 Å². The van der Waals surface area contributed by atoms with Gasteiger partial charge in [-0.3, -0.25) is 8.93 Å². The van der Waals surface area contributed by atoms with Crippen LogP contribution in [0.3, 0.4) is 0 Å². The predicted molar refractivity (Wildman–Crippen MR) is 141 cm³/mol. The molecule has 7 heteroatoms. The second-order valence-corrected chi connectivity index (χ2v) is 10.8. The number of benzene rings is 3. The van der Waals surface area contributed by atoms with Gasteiger partial charge in [0.15, 0.2) is 0 Å². The van der Waals surface area contributed by atoms with Gasteiger partial charge in [0.25, 0.3) is 0 Å². The highest BCUT2D eigenvalue weighted by molar-refractivity contribution is 7.77. The van der Waals surface area contributed by atoms with Crippen LogP contribution in [0.15, 0.2) is 72.8 Å². The second-order valence-electron chi connectivity index (χ2n) is 9.96. The van der Waals surface area contributed by atoms with Gasteiger partial charge >= 0.3 is 0 Å². The summed E-state index contributed by atoms with van der Waals surface area (Å²) >= 11 is -2.07. The highest BCUT2D eigenvalue weighted by Crippen LogP contribution is 2.60. The maximum Gasteiger partial charge on any atom is 0.124 e. The fourth-order valence-electron chi connectivity index (χ4n) is 6.57. The summed E-state index contributed by atoms with van der Waals surface area (Å²) < 4.78 is 26.0. The molecule has 1 saturated heterocycles. The highest BCUT2D eigenvalue weighted by Gasteiger charge is 2.53. The van der Waals surface area contributed by atoms with Crippen LogP contribution < -0.4 is 9.46 Å². The first-order valence-electron chi connectivity index (χ1n) is 12.5. The van der Waals surface area contributed by atoms with Gasteiger partial charge in [-0.1, -0.05) is 66.7 Å². The first-order valence-corrected chi connectivity index (χ1v) is 13.5. The van der Waals surface area contributed by atoms with Crippen molar-refractivity contribution in [3.05, 3.63) is 101 Å². The van der Waals surface area contributed by atoms with Gasteiger partial charge in [-0.25, -0.2) is 0 Å². The Bertz CT molecular complexity index is 1210. The predicted octanol–water partition coefficient (Wildman–Crippen LogP) is 3.81. The third-order valence-electron chi connectivity index (χ3n) is 8.21. The molecule has 6 nitrogen and oxygen atoms in total. The van der Waals surface area contributed by atoms with Gasteiger partial charge in [0.05, 0.1) is 12.7 Å². The number of ether oxygens (including phenoxy) is 1. The monoisotopic (exact) mass is 505 g/mol. The lowest BCUT2D eigenvalue weighted by Gasteiger charge is -2.43. The molecular weight excluding hydrogens is 472 g/mol. The van der Waals surface area contributed by atoms with E-state index in [0.717, 1.165) is 43.8 Å². The minimum atomic E-state index is -2.07. The van der Waals surface area contributed by atoms with Crippen molar-refractivity contribution in [3.8, 4) is 5.75 Å². The lowest BCUT2D eigenvalue weighted by molar-refractivity contribution is -0.0304. The lowest BCUT2D eigenvalue weighted by atomic mass is 9.74. The van der Waals surface area contributed by atoms with Crippen molar-refractivity contribution in [2.75, 3.05) is 33.8 Å². The second kappa shape index (κ2) is 10.1. The summed E-state index contributed by atoms with van der Waals surface area (Å²) in [5.74, 6) is 1.32. The number of nitrogens with zero attached hydrogens (tertiary/aromatic N) is 1. The van der Waals surface area contributed by atoms with Crippen molar-refractivity contribution in [2.45, 2.75) is 36.2 Å². The van der Waals surface area contributed by atoms with Gasteiger partial charge in [0.2, 0.25) is 0 Å². The molecule has 1 fully saturated rings. The van der Waals surface area contributed by atoms with E-state index in [1.807, 2.05) is 29.0 Å². The third kappa shape index (κ3) is 4.29. The van der Waals surface area contributed by atoms with E-state index in [0.29, 0.717) is 5.92 Å². The van der Waals surface area contributed by atoms with Crippen molar-refractivity contribution in [2.24, 2.45) is 0 Å². The summed E-state index contributed by atoms with van der Waals surface area (Å²) in [7, 11) is 3.02. The van der Waals surface area contributed by atoms with Gasteiger partial charge in [0, 0.05) is 47.8 Å². The van der Waals surface area contributed by atoms with Crippen molar-refractivity contribution in [1.82, 2.24) is 9.62 Å². The van der Waals surface area contributed by atoms with Gasteiger partial charge in [0.1, 0.15) is 5.75 Å². The number of hydrogen-bond donors (Lipinski definition) is 2. The average molecular weight is 506 g/mol. The molecule has 0 aromatic heterocycles. The molecule has 0 radical (unpaired) electrons. The third-order valence-corrected chi connectivity index (χ3v) is 8.54. The lowest BCUT2D eigenvalue weighted by Crippen LogP contribution is -2.47. The minimum absolute atomic E-state index is 0.0811. The zero-order valence-corrected chi connectivity index (χ0v) is 21.6. The number of para-hydroxylation sites is 1. The minimum Gasteiger partial charge on any atom is -0.760 e. The Labute approximate surface area is 215 Å². The summed E-state index contributed by atoms with van der Waals surface area (Å²) in [6.07, 6.45) is 2.64. The quantitative estimate of drug-likeness (QED) is 0.515. The Morgan fingerprint density at radius 2 is 1.47 bits per heavy atom. The van der Waals surface area contributed by atoms with E-state index in [-0.39, 0.29) is 5.41 Å². The van der Waals surface area contributed by atoms with Crippen LogP contribution in [0.2, 0.25) is 0 Å². The maximum atomic E-state index is 11.5. The first-order chi connectivity index (χ1) is 17.4. The summed E-state index contributed by atoms with van der Waals surface area (Å²) in [5.41, 5.74) is 6.26. The topological polar surface area (TPSA) is 84.9 Å². The highest BCUT2D eigenvalue weighted by atomic mass is 32.2. The number of hydrogen-bond acceptors (Lipinski definition) is 5. The maximum absolute atomic E-state index is 11.5. The Morgan fingerprint density at radius 3 is 2.00 bits per heavy atom. The molecule has 2 aliphatic carbocycles. The number of methoxy groups -OCH3 is 1. The van der Waals surface area contributed by atoms with Crippen LogP contribution in [0.4, 0.5) is 0 Å². The van der Waals surface area contributed by atoms with Gasteiger partial charge < -0.3 is 19.3 Å². The summed E-state index contributed by atoms with van der Waals surface area (Å²) in [5, 5.41) is 11.5. The van der Waals surface area contributed by atoms with Crippen LogP contribution in [-0.4, -0.2) is 52.6 Å². The largest absolute Gasteiger partial charge is 0.760 e. The van der Waals surface area contributed by atoms with Gasteiger partial charge in [-0.2, -0.15) is 0 Å². The Morgan fingerprint density at radius 1 is 0.972 bits per heavy atom. The zero-order chi connectivity index (χ0) is 25.3.